The molecule has 4 heteroatoms. The molecule has 2 unspecified atom stereocenters. The van der Waals surface area contributed by atoms with Crippen molar-refractivity contribution in [2.45, 2.75) is 31.5 Å². The molecular weight excluding hydrogens is 193 g/mol. The number of pyridine rings is 1. The molecule has 0 aliphatic carbocycles. The van der Waals surface area contributed by atoms with Crippen LogP contribution in [0.3, 0.4) is 0 Å². The first kappa shape index (κ1) is 10.4. The summed E-state index contributed by atoms with van der Waals surface area (Å²) in [6, 6.07) is 1.70. The number of nitrogen functional groups attached to an aromatic ring is 1. The average Bonchev–Trinajstić information content (AvgIpc) is 2.74. The number of hydrogen-bond donors (Lipinski definition) is 2. The summed E-state index contributed by atoms with van der Waals surface area (Å²) in [6.07, 6.45) is 4.75. The highest BCUT2D eigenvalue weighted by molar-refractivity contribution is 5.44. The maximum Gasteiger partial charge on any atom is 0.119 e. The van der Waals surface area contributed by atoms with Crippen molar-refractivity contribution in [1.82, 2.24) is 10.3 Å². The summed E-state index contributed by atoms with van der Waals surface area (Å²) in [4.78, 5) is 3.96. The number of nitrogens with zero attached hydrogens (tertiary/aromatic N) is 1. The van der Waals surface area contributed by atoms with Gasteiger partial charge in [-0.2, -0.15) is 0 Å². The average molecular weight is 209 g/mol. The van der Waals surface area contributed by atoms with Gasteiger partial charge in [0.15, 0.2) is 0 Å². The number of nitrogens with one attached hydrogen (secondary N) is 1. The number of aromatic nitrogens is 1. The summed E-state index contributed by atoms with van der Waals surface area (Å²) in [5.74, 6) is 0. The minimum Gasteiger partial charge on any atom is -0.398 e. The van der Waals surface area contributed by atoms with Gasteiger partial charge in [0, 0.05) is 30.5 Å². The van der Waals surface area contributed by atoms with Crippen LogP contribution >= 0.6 is 0 Å². The smallest absolute Gasteiger partial charge is 0.119 e. The van der Waals surface area contributed by atoms with Gasteiger partial charge in [-0.15, -0.1) is 0 Å². The second kappa shape index (κ2) is 4.57. The largest absolute Gasteiger partial charge is 0.398 e. The molecule has 1 saturated heterocycles. The molecule has 15 heavy (non-hydrogen) atoms. The van der Waals surface area contributed by atoms with Gasteiger partial charge < -0.3 is 11.1 Å². The lowest BCUT2D eigenvalue weighted by atomic mass is 10.0. The fraction of sp³-hybridized carbons (Fsp3) is 0.545. The van der Waals surface area contributed by atoms with E-state index >= 15 is 0 Å². The van der Waals surface area contributed by atoms with Gasteiger partial charge in [-0.25, -0.2) is 4.39 Å². The van der Waals surface area contributed by atoms with Crippen molar-refractivity contribution < 1.29 is 4.39 Å². The van der Waals surface area contributed by atoms with Crippen LogP contribution in [-0.2, 0) is 6.42 Å². The molecule has 1 fully saturated rings. The Morgan fingerprint density at radius 1 is 1.67 bits per heavy atom. The Balaban J connectivity index is 1.99. The lowest BCUT2D eigenvalue weighted by Crippen LogP contribution is -2.33. The van der Waals surface area contributed by atoms with Gasteiger partial charge in [-0.1, -0.05) is 0 Å². The molecular formula is C11H16FN3. The van der Waals surface area contributed by atoms with Crippen LogP contribution in [0.15, 0.2) is 18.5 Å². The molecule has 0 radical (unpaired) electrons. The van der Waals surface area contributed by atoms with E-state index in [0.717, 1.165) is 24.9 Å². The molecule has 0 aromatic carbocycles. The molecule has 2 atom stereocenters. The van der Waals surface area contributed by atoms with Crippen LogP contribution in [0.4, 0.5) is 10.1 Å². The molecule has 82 valence electrons. The highest BCUT2D eigenvalue weighted by Gasteiger charge is 2.24. The molecule has 1 aliphatic heterocycles. The van der Waals surface area contributed by atoms with Crippen LogP contribution < -0.4 is 11.1 Å². The first-order chi connectivity index (χ1) is 7.27. The van der Waals surface area contributed by atoms with E-state index in [4.69, 9.17) is 5.73 Å². The Bertz CT molecular complexity index is 323. The first-order valence-electron chi connectivity index (χ1n) is 5.33. The molecule has 3 nitrogen and oxygen atoms in total. The first-order valence-corrected chi connectivity index (χ1v) is 5.33. The van der Waals surface area contributed by atoms with Crippen molar-refractivity contribution in [3.8, 4) is 0 Å². The lowest BCUT2D eigenvalue weighted by molar-refractivity contribution is 0.264. The zero-order valence-corrected chi connectivity index (χ0v) is 8.62. The van der Waals surface area contributed by atoms with Gasteiger partial charge in [0.05, 0.1) is 0 Å². The Morgan fingerprint density at radius 3 is 3.20 bits per heavy atom. The van der Waals surface area contributed by atoms with E-state index in [2.05, 4.69) is 10.3 Å². The molecule has 2 rings (SSSR count). The third kappa shape index (κ3) is 2.45. The molecule has 0 spiro atoms. The monoisotopic (exact) mass is 209 g/mol. The second-order valence-electron chi connectivity index (χ2n) is 4.00. The predicted octanol–water partition coefficient (Wildman–Crippen LogP) is 1.30. The highest BCUT2D eigenvalue weighted by Crippen LogP contribution is 2.19. The van der Waals surface area contributed by atoms with Crippen LogP contribution in [0.2, 0.25) is 0 Å². The summed E-state index contributed by atoms with van der Waals surface area (Å²) in [7, 11) is 0. The molecule has 0 amide bonds. The summed E-state index contributed by atoms with van der Waals surface area (Å²) < 4.78 is 13.8. The maximum absolute atomic E-state index is 13.8. The van der Waals surface area contributed by atoms with Crippen molar-refractivity contribution in [2.24, 2.45) is 0 Å². The predicted molar refractivity (Wildman–Crippen MR) is 58.3 cm³/mol. The van der Waals surface area contributed by atoms with Crippen molar-refractivity contribution in [3.05, 3.63) is 24.0 Å². The number of rotatable bonds is 3. The summed E-state index contributed by atoms with van der Waals surface area (Å²) >= 11 is 0. The molecule has 2 heterocycles. The number of alkyl halides is 1. The van der Waals surface area contributed by atoms with Crippen LogP contribution in [0.1, 0.15) is 18.4 Å². The zero-order chi connectivity index (χ0) is 10.7. The molecule has 1 aromatic rings. The van der Waals surface area contributed by atoms with Crippen LogP contribution in [-0.4, -0.2) is 23.7 Å². The van der Waals surface area contributed by atoms with Crippen molar-refractivity contribution >= 4 is 5.69 Å². The van der Waals surface area contributed by atoms with Gasteiger partial charge in [0.2, 0.25) is 0 Å². The van der Waals surface area contributed by atoms with Gasteiger partial charge in [0.25, 0.3) is 0 Å². The Labute approximate surface area is 88.9 Å². The number of anilines is 1. The maximum atomic E-state index is 13.8. The Hall–Kier alpha value is -1.16. The lowest BCUT2D eigenvalue weighted by Gasteiger charge is -2.16. The highest BCUT2D eigenvalue weighted by atomic mass is 19.1. The van der Waals surface area contributed by atoms with Gasteiger partial charge >= 0.3 is 0 Å². The normalized spacial score (nSPS) is 22.9. The van der Waals surface area contributed by atoms with Gasteiger partial charge in [-0.05, 0) is 31.0 Å². The third-order valence-electron chi connectivity index (χ3n) is 2.89. The van der Waals surface area contributed by atoms with E-state index in [1.54, 1.807) is 18.5 Å². The van der Waals surface area contributed by atoms with E-state index in [1.807, 2.05) is 0 Å². The standard InChI is InChI=1S/C11H16FN3/c12-9(11-2-1-4-15-11)6-8-7-14-5-3-10(8)13/h3,5,7,9,11,15H,1-2,4,6H2,(H2,13,14). The topological polar surface area (TPSA) is 50.9 Å². The van der Waals surface area contributed by atoms with E-state index in [-0.39, 0.29) is 6.04 Å². The van der Waals surface area contributed by atoms with Crippen LogP contribution in [0.25, 0.3) is 0 Å². The molecule has 3 N–H and O–H groups in total. The van der Waals surface area contributed by atoms with Crippen molar-refractivity contribution in [1.29, 1.82) is 0 Å². The van der Waals surface area contributed by atoms with Crippen molar-refractivity contribution in [3.63, 3.8) is 0 Å². The molecule has 1 aliphatic rings. The van der Waals surface area contributed by atoms with Gasteiger partial charge in [0.1, 0.15) is 6.17 Å². The Morgan fingerprint density at radius 2 is 2.53 bits per heavy atom. The van der Waals surface area contributed by atoms with Crippen molar-refractivity contribution in [2.75, 3.05) is 12.3 Å². The quantitative estimate of drug-likeness (QED) is 0.788. The minimum atomic E-state index is -0.862. The van der Waals surface area contributed by atoms with E-state index in [9.17, 15) is 4.39 Å². The second-order valence-corrected chi connectivity index (χ2v) is 4.00. The summed E-state index contributed by atoms with van der Waals surface area (Å²) in [6.45, 7) is 0.924. The SMILES string of the molecule is Nc1ccncc1CC(F)C1CCCN1. The summed E-state index contributed by atoms with van der Waals surface area (Å²) in [5.41, 5.74) is 7.18. The molecule has 0 bridgehead atoms. The molecule has 1 aromatic heterocycles. The van der Waals surface area contributed by atoms with E-state index in [1.165, 1.54) is 0 Å². The summed E-state index contributed by atoms with van der Waals surface area (Å²) in [5, 5.41) is 3.16. The zero-order valence-electron chi connectivity index (χ0n) is 8.62. The molecule has 0 saturated carbocycles. The Kier molecular flexibility index (Phi) is 3.16. The van der Waals surface area contributed by atoms with E-state index in [0.29, 0.717) is 12.1 Å². The van der Waals surface area contributed by atoms with E-state index < -0.39 is 6.17 Å². The fourth-order valence-corrected chi connectivity index (χ4v) is 1.98. The van der Waals surface area contributed by atoms with Gasteiger partial charge in [-0.3, -0.25) is 4.98 Å². The minimum absolute atomic E-state index is 0.00962. The third-order valence-corrected chi connectivity index (χ3v) is 2.89. The number of hydrogen-bond acceptors (Lipinski definition) is 3. The number of halogens is 1. The number of nitrogens with two attached hydrogens (primary N) is 1. The van der Waals surface area contributed by atoms with Crippen LogP contribution in [0, 0.1) is 0 Å². The van der Waals surface area contributed by atoms with Crippen LogP contribution in [0.5, 0.6) is 0 Å². The fourth-order valence-electron chi connectivity index (χ4n) is 1.98.